The summed E-state index contributed by atoms with van der Waals surface area (Å²) in [5.41, 5.74) is 6.54. The smallest absolute Gasteiger partial charge is 0.198 e. The minimum Gasteiger partial charge on any atom is -0.379 e. The number of hydrogen-bond donors (Lipinski definition) is 0. The van der Waals surface area contributed by atoms with E-state index in [2.05, 4.69) is 62.5 Å². The van der Waals surface area contributed by atoms with Gasteiger partial charge in [-0.15, -0.1) is 11.3 Å². The van der Waals surface area contributed by atoms with Crippen LogP contribution in [0.4, 0.5) is 0 Å². The molecule has 2 aliphatic rings. The zero-order chi connectivity index (χ0) is 25.7. The molecule has 200 valence electrons. The molecule has 2 aliphatic heterocycles. The molecule has 0 saturated carbocycles. The molecule has 0 radical (unpaired) electrons. The summed E-state index contributed by atoms with van der Waals surface area (Å²) in [7, 11) is 0. The highest BCUT2D eigenvalue weighted by Crippen LogP contribution is 2.48. The molecule has 5 heteroatoms. The molecule has 1 spiro atoms. The lowest BCUT2D eigenvalue weighted by Crippen LogP contribution is -2.46. The second kappa shape index (κ2) is 12.4. The van der Waals surface area contributed by atoms with Gasteiger partial charge in [0.15, 0.2) is 5.79 Å². The fourth-order valence-electron chi connectivity index (χ4n) is 5.56. The minimum atomic E-state index is -0.751. The Morgan fingerprint density at radius 3 is 2.57 bits per heavy atom. The highest BCUT2D eigenvalue weighted by atomic mass is 32.1. The van der Waals surface area contributed by atoms with Crippen LogP contribution in [-0.2, 0) is 44.2 Å². The van der Waals surface area contributed by atoms with Crippen LogP contribution in [-0.4, -0.2) is 32.0 Å². The van der Waals surface area contributed by atoms with Crippen molar-refractivity contribution in [3.63, 3.8) is 0 Å². The number of thiophene rings is 1. The third-order valence-corrected chi connectivity index (χ3v) is 8.75. The summed E-state index contributed by atoms with van der Waals surface area (Å²) in [6, 6.07) is 13.7. The van der Waals surface area contributed by atoms with E-state index >= 15 is 0 Å². The van der Waals surface area contributed by atoms with Gasteiger partial charge in [-0.25, -0.2) is 0 Å². The number of rotatable bonds is 12. The van der Waals surface area contributed by atoms with E-state index in [0.717, 1.165) is 64.6 Å². The lowest BCUT2D eigenvalue weighted by molar-refractivity contribution is -0.308. The van der Waals surface area contributed by atoms with Crippen LogP contribution in [0.1, 0.15) is 87.1 Å². The van der Waals surface area contributed by atoms with E-state index < -0.39 is 5.79 Å². The van der Waals surface area contributed by atoms with Crippen molar-refractivity contribution in [1.29, 1.82) is 0 Å². The third kappa shape index (κ3) is 6.12. The first-order chi connectivity index (χ1) is 18.1. The number of unbranched alkanes of at least 4 members (excludes halogenated alkanes) is 2. The summed E-state index contributed by atoms with van der Waals surface area (Å²) >= 11 is 1.83. The van der Waals surface area contributed by atoms with Crippen LogP contribution in [0.15, 0.2) is 41.8 Å². The maximum absolute atomic E-state index is 6.76. The maximum atomic E-state index is 6.76. The maximum Gasteiger partial charge on any atom is 0.198 e. The first-order valence-corrected chi connectivity index (χ1v) is 15.1. The summed E-state index contributed by atoms with van der Waals surface area (Å²) in [5.74, 6) is -0.751. The van der Waals surface area contributed by atoms with E-state index in [4.69, 9.17) is 18.9 Å². The van der Waals surface area contributed by atoms with E-state index in [1.54, 1.807) is 0 Å². The Hall–Kier alpha value is -1.76. The Morgan fingerprint density at radius 1 is 1.00 bits per heavy atom. The predicted octanol–water partition coefficient (Wildman–Crippen LogP) is 7.92. The van der Waals surface area contributed by atoms with Crippen molar-refractivity contribution >= 4 is 21.4 Å². The highest BCUT2D eigenvalue weighted by Gasteiger charge is 2.49. The van der Waals surface area contributed by atoms with Crippen LogP contribution >= 0.6 is 11.3 Å². The van der Waals surface area contributed by atoms with Gasteiger partial charge in [-0.2, -0.15) is 0 Å². The summed E-state index contributed by atoms with van der Waals surface area (Å²) in [6.45, 7) is 9.34. The van der Waals surface area contributed by atoms with E-state index in [0.29, 0.717) is 13.2 Å². The normalized spacial score (nSPS) is 23.2. The summed E-state index contributed by atoms with van der Waals surface area (Å²) in [5, 5.41) is 3.64. The van der Waals surface area contributed by atoms with Crippen molar-refractivity contribution in [2.24, 2.45) is 0 Å². The zero-order valence-electron chi connectivity index (χ0n) is 22.7. The van der Waals surface area contributed by atoms with Gasteiger partial charge >= 0.3 is 0 Å². The quantitative estimate of drug-likeness (QED) is 0.226. The van der Waals surface area contributed by atoms with Crippen molar-refractivity contribution in [2.45, 2.75) is 96.7 Å². The van der Waals surface area contributed by atoms with Crippen molar-refractivity contribution in [3.8, 4) is 0 Å². The van der Waals surface area contributed by atoms with Gasteiger partial charge in [-0.1, -0.05) is 57.9 Å². The van der Waals surface area contributed by atoms with Crippen molar-refractivity contribution in [1.82, 2.24) is 0 Å². The van der Waals surface area contributed by atoms with Crippen LogP contribution in [0, 0.1) is 0 Å². The van der Waals surface area contributed by atoms with Crippen LogP contribution in [0.2, 0.25) is 0 Å². The minimum absolute atomic E-state index is 0.0297. The van der Waals surface area contributed by atoms with Gasteiger partial charge in [0.25, 0.3) is 0 Å². The standard InChI is InChI=1S/C32H42O4S/c1-4-7-13-33-21-28-17-27(34-14-8-5-2)19-32(36-28)30-18-29-26(15-24-11-9-23(6-3)10-12-24)22-37-31(29)16-25(30)20-35-32/h9-12,16,18,22,27-28H,4-8,13-15,17,19-21H2,1-3H3/t27-,28-,32+/m0/s1. The van der Waals surface area contributed by atoms with Crippen LogP contribution in [0.3, 0.4) is 0 Å². The Morgan fingerprint density at radius 2 is 1.78 bits per heavy atom. The van der Waals surface area contributed by atoms with E-state index in [1.807, 2.05) is 11.3 Å². The second-order valence-corrected chi connectivity index (χ2v) is 11.5. The van der Waals surface area contributed by atoms with E-state index in [-0.39, 0.29) is 12.2 Å². The van der Waals surface area contributed by atoms with Gasteiger partial charge in [-0.3, -0.25) is 0 Å². The highest BCUT2D eigenvalue weighted by molar-refractivity contribution is 7.17. The average molecular weight is 523 g/mol. The summed E-state index contributed by atoms with van der Waals surface area (Å²) in [6.07, 6.45) is 8.12. The fraction of sp³-hybridized carbons (Fsp3) is 0.562. The van der Waals surface area contributed by atoms with E-state index in [1.165, 1.54) is 37.9 Å². The number of benzene rings is 2. The molecule has 0 amide bonds. The molecule has 0 aliphatic carbocycles. The molecule has 4 nitrogen and oxygen atoms in total. The second-order valence-electron chi connectivity index (χ2n) is 10.6. The molecule has 3 atom stereocenters. The van der Waals surface area contributed by atoms with Gasteiger partial charge in [0.1, 0.15) is 0 Å². The first kappa shape index (κ1) is 26.8. The molecular formula is C32H42O4S. The molecule has 1 saturated heterocycles. The number of ether oxygens (including phenoxy) is 4. The molecule has 0 N–H and O–H groups in total. The van der Waals surface area contributed by atoms with Crippen LogP contribution < -0.4 is 0 Å². The molecule has 5 rings (SSSR count). The van der Waals surface area contributed by atoms with E-state index in [9.17, 15) is 0 Å². The van der Waals surface area contributed by atoms with Gasteiger partial charge in [0.2, 0.25) is 0 Å². The number of aryl methyl sites for hydroxylation is 1. The molecule has 3 heterocycles. The largest absolute Gasteiger partial charge is 0.379 e. The monoisotopic (exact) mass is 522 g/mol. The molecule has 1 fully saturated rings. The van der Waals surface area contributed by atoms with Crippen LogP contribution in [0.5, 0.6) is 0 Å². The topological polar surface area (TPSA) is 36.9 Å². The fourth-order valence-corrected chi connectivity index (χ4v) is 6.56. The zero-order valence-corrected chi connectivity index (χ0v) is 23.5. The van der Waals surface area contributed by atoms with Crippen molar-refractivity contribution < 1.29 is 18.9 Å². The molecular weight excluding hydrogens is 480 g/mol. The lowest BCUT2D eigenvalue weighted by Gasteiger charge is -2.42. The Bertz CT molecular complexity index is 1150. The van der Waals surface area contributed by atoms with Gasteiger partial charge < -0.3 is 18.9 Å². The van der Waals surface area contributed by atoms with Gasteiger partial charge in [0.05, 0.1) is 25.4 Å². The number of fused-ring (bicyclic) bond motifs is 3. The summed E-state index contributed by atoms with van der Waals surface area (Å²) < 4.78 is 27.0. The average Bonchev–Trinajstić information content (AvgIpc) is 3.46. The molecule has 0 unspecified atom stereocenters. The molecule has 0 bridgehead atoms. The Balaban J connectivity index is 1.41. The van der Waals surface area contributed by atoms with Crippen molar-refractivity contribution in [2.75, 3.05) is 19.8 Å². The van der Waals surface area contributed by atoms with Gasteiger partial charge in [-0.05, 0) is 70.8 Å². The SMILES string of the molecule is CCCCOC[C@@H]1C[C@H](OCCCC)C[C@@]2(OCc3cc4scc(Cc5ccc(CC)cc5)c4cc32)O1. The first-order valence-electron chi connectivity index (χ1n) is 14.3. The summed E-state index contributed by atoms with van der Waals surface area (Å²) in [4.78, 5) is 0. The van der Waals surface area contributed by atoms with Crippen molar-refractivity contribution in [3.05, 3.63) is 69.6 Å². The lowest BCUT2D eigenvalue weighted by atomic mass is 9.90. The molecule has 1 aromatic heterocycles. The Labute approximate surface area is 226 Å². The van der Waals surface area contributed by atoms with Crippen LogP contribution in [0.25, 0.3) is 10.1 Å². The molecule has 3 aromatic rings. The third-order valence-electron chi connectivity index (χ3n) is 7.75. The number of hydrogen-bond acceptors (Lipinski definition) is 5. The molecule has 37 heavy (non-hydrogen) atoms. The molecule has 2 aromatic carbocycles. The predicted molar refractivity (Wildman–Crippen MR) is 151 cm³/mol. The van der Waals surface area contributed by atoms with Gasteiger partial charge in [0, 0.05) is 36.3 Å². The Kier molecular flexibility index (Phi) is 8.99.